The summed E-state index contributed by atoms with van der Waals surface area (Å²) in [5.41, 5.74) is 6.16. The van der Waals surface area contributed by atoms with Crippen molar-refractivity contribution in [2.24, 2.45) is 0 Å². The summed E-state index contributed by atoms with van der Waals surface area (Å²) in [5.74, 6) is -0.210. The van der Waals surface area contributed by atoms with Crippen LogP contribution in [-0.2, 0) is 6.42 Å². The molecule has 5 rings (SSSR count). The van der Waals surface area contributed by atoms with Crippen LogP contribution in [0.15, 0.2) is 67.0 Å². The average molecular weight is 455 g/mol. The Morgan fingerprint density at radius 3 is 2.67 bits per heavy atom. The van der Waals surface area contributed by atoms with Gasteiger partial charge in [0, 0.05) is 40.6 Å². The van der Waals surface area contributed by atoms with E-state index in [0.29, 0.717) is 22.8 Å². The second kappa shape index (κ2) is 8.60. The van der Waals surface area contributed by atoms with Crippen LogP contribution in [0.2, 0.25) is 0 Å². The van der Waals surface area contributed by atoms with Crippen molar-refractivity contribution in [2.45, 2.75) is 20.3 Å². The number of benzene rings is 2. The number of aromatic nitrogens is 2. The number of carbonyl (C=O) groups excluding carboxylic acids is 2. The first-order valence-electron chi connectivity index (χ1n) is 10.7. The normalized spacial score (nSPS) is 12.5. The monoisotopic (exact) mass is 454 g/mol. The Morgan fingerprint density at radius 1 is 1.03 bits per heavy atom. The van der Waals surface area contributed by atoms with E-state index < -0.39 is 0 Å². The fourth-order valence-corrected chi connectivity index (χ4v) is 4.91. The number of hydrogen-bond donors (Lipinski definition) is 1. The van der Waals surface area contributed by atoms with Crippen molar-refractivity contribution in [3.8, 4) is 11.3 Å². The molecule has 7 heteroatoms. The van der Waals surface area contributed by atoms with Crippen LogP contribution in [-0.4, -0.2) is 28.3 Å². The van der Waals surface area contributed by atoms with E-state index in [-0.39, 0.29) is 11.8 Å². The number of pyridine rings is 1. The molecule has 0 aliphatic carbocycles. The molecule has 0 saturated heterocycles. The standard InChI is InChI=1S/C26H22N4O2S/c1-16-5-3-6-20(13-16)25(32)30-12-10-18-14-19(8-9-22(18)30)23-17(2)33-26(28-23)29-24(31)21-7-4-11-27-15-21/h3-9,11,13-15H,10,12H2,1-2H3,(H,28,29,31). The highest BCUT2D eigenvalue weighted by Crippen LogP contribution is 2.36. The summed E-state index contributed by atoms with van der Waals surface area (Å²) in [6, 6.07) is 17.2. The molecular weight excluding hydrogens is 432 g/mol. The third kappa shape index (κ3) is 4.15. The van der Waals surface area contributed by atoms with Crippen molar-refractivity contribution in [1.29, 1.82) is 0 Å². The Morgan fingerprint density at radius 2 is 1.88 bits per heavy atom. The molecule has 1 aliphatic heterocycles. The van der Waals surface area contributed by atoms with Crippen LogP contribution in [0.25, 0.3) is 11.3 Å². The van der Waals surface area contributed by atoms with Gasteiger partial charge >= 0.3 is 0 Å². The minimum atomic E-state index is -0.234. The van der Waals surface area contributed by atoms with Crippen molar-refractivity contribution in [3.05, 3.63) is 94.1 Å². The van der Waals surface area contributed by atoms with E-state index in [1.54, 1.807) is 18.3 Å². The molecule has 2 aromatic heterocycles. The number of anilines is 2. The zero-order valence-corrected chi connectivity index (χ0v) is 19.1. The van der Waals surface area contributed by atoms with Gasteiger partial charge in [0.05, 0.1) is 11.3 Å². The summed E-state index contributed by atoms with van der Waals surface area (Å²) in [6.07, 6.45) is 3.96. The Kier molecular flexibility index (Phi) is 5.48. The molecule has 4 aromatic rings. The lowest BCUT2D eigenvalue weighted by atomic mass is 10.1. The van der Waals surface area contributed by atoms with Gasteiger partial charge in [0.2, 0.25) is 0 Å². The van der Waals surface area contributed by atoms with Gasteiger partial charge in [0.1, 0.15) is 0 Å². The van der Waals surface area contributed by atoms with E-state index >= 15 is 0 Å². The maximum atomic E-state index is 13.1. The maximum Gasteiger partial charge on any atom is 0.259 e. The van der Waals surface area contributed by atoms with Crippen LogP contribution in [0.4, 0.5) is 10.8 Å². The quantitative estimate of drug-likeness (QED) is 0.455. The van der Waals surface area contributed by atoms with Gasteiger partial charge in [-0.3, -0.25) is 19.9 Å². The fraction of sp³-hybridized carbons (Fsp3) is 0.154. The molecule has 0 bridgehead atoms. The number of nitrogens with zero attached hydrogens (tertiary/aromatic N) is 3. The Balaban J connectivity index is 1.38. The topological polar surface area (TPSA) is 75.2 Å². The lowest BCUT2D eigenvalue weighted by Gasteiger charge is -2.18. The largest absolute Gasteiger partial charge is 0.308 e. The second-order valence-electron chi connectivity index (χ2n) is 8.04. The number of amides is 2. The number of fused-ring (bicyclic) bond motifs is 1. The number of carbonyl (C=O) groups is 2. The molecular formula is C26H22N4O2S. The Labute approximate surface area is 195 Å². The Bertz CT molecular complexity index is 1360. The van der Waals surface area contributed by atoms with Gasteiger partial charge in [-0.25, -0.2) is 4.98 Å². The summed E-state index contributed by atoms with van der Waals surface area (Å²) in [4.78, 5) is 37.0. The summed E-state index contributed by atoms with van der Waals surface area (Å²) in [7, 11) is 0. The van der Waals surface area contributed by atoms with Gasteiger partial charge < -0.3 is 4.90 Å². The molecule has 0 saturated carbocycles. The molecule has 0 fully saturated rings. The number of hydrogen-bond acceptors (Lipinski definition) is 5. The molecule has 2 amide bonds. The van der Waals surface area contributed by atoms with Crippen LogP contribution in [0.5, 0.6) is 0 Å². The highest BCUT2D eigenvalue weighted by Gasteiger charge is 2.26. The first-order valence-corrected chi connectivity index (χ1v) is 11.5. The van der Waals surface area contributed by atoms with Crippen molar-refractivity contribution < 1.29 is 9.59 Å². The van der Waals surface area contributed by atoms with Crippen LogP contribution >= 0.6 is 11.3 Å². The third-order valence-electron chi connectivity index (χ3n) is 5.70. The molecule has 6 nitrogen and oxygen atoms in total. The Hall–Kier alpha value is -3.84. The summed E-state index contributed by atoms with van der Waals surface area (Å²) in [5, 5.41) is 3.41. The van der Waals surface area contributed by atoms with Gasteiger partial charge in [0.15, 0.2) is 5.13 Å². The zero-order valence-electron chi connectivity index (χ0n) is 18.3. The minimum absolute atomic E-state index is 0.0236. The molecule has 0 radical (unpaired) electrons. The maximum absolute atomic E-state index is 13.1. The number of rotatable bonds is 4. The molecule has 33 heavy (non-hydrogen) atoms. The van der Waals surface area contributed by atoms with Gasteiger partial charge in [-0.15, -0.1) is 11.3 Å². The van der Waals surface area contributed by atoms with E-state index in [4.69, 9.17) is 0 Å². The lowest BCUT2D eigenvalue weighted by molar-refractivity contribution is 0.0987. The van der Waals surface area contributed by atoms with Gasteiger partial charge in [-0.1, -0.05) is 23.8 Å². The molecule has 0 spiro atoms. The van der Waals surface area contributed by atoms with Crippen LogP contribution in [0.3, 0.4) is 0 Å². The van der Waals surface area contributed by atoms with Gasteiger partial charge in [-0.05, 0) is 62.2 Å². The number of thiazole rings is 1. The highest BCUT2D eigenvalue weighted by atomic mass is 32.1. The lowest BCUT2D eigenvalue weighted by Crippen LogP contribution is -2.28. The van der Waals surface area contributed by atoms with Crippen molar-refractivity contribution >= 4 is 34.0 Å². The predicted octanol–water partition coefficient (Wildman–Crippen LogP) is 5.28. The smallest absolute Gasteiger partial charge is 0.259 e. The summed E-state index contributed by atoms with van der Waals surface area (Å²) < 4.78 is 0. The minimum Gasteiger partial charge on any atom is -0.308 e. The molecule has 0 unspecified atom stereocenters. The van der Waals surface area contributed by atoms with E-state index in [1.807, 2.05) is 55.1 Å². The number of nitrogens with one attached hydrogen (secondary N) is 1. The molecule has 1 aliphatic rings. The number of aryl methyl sites for hydroxylation is 2. The molecule has 2 aromatic carbocycles. The third-order valence-corrected chi connectivity index (χ3v) is 6.59. The SMILES string of the molecule is Cc1cccc(C(=O)N2CCc3cc(-c4nc(NC(=O)c5cccnc5)sc4C)ccc32)c1. The molecule has 164 valence electrons. The molecule has 1 N–H and O–H groups in total. The van der Waals surface area contributed by atoms with E-state index in [1.165, 1.54) is 17.5 Å². The average Bonchev–Trinajstić information content (AvgIpc) is 3.41. The predicted molar refractivity (Wildman–Crippen MR) is 131 cm³/mol. The van der Waals surface area contributed by atoms with Crippen molar-refractivity contribution in [1.82, 2.24) is 9.97 Å². The van der Waals surface area contributed by atoms with Crippen molar-refractivity contribution in [3.63, 3.8) is 0 Å². The van der Waals surface area contributed by atoms with Crippen LogP contribution in [0.1, 0.15) is 36.7 Å². The summed E-state index contributed by atoms with van der Waals surface area (Å²) >= 11 is 1.44. The molecule has 3 heterocycles. The van der Waals surface area contributed by atoms with Gasteiger partial charge in [-0.2, -0.15) is 0 Å². The first-order chi connectivity index (χ1) is 16.0. The molecule has 0 atom stereocenters. The van der Waals surface area contributed by atoms with Crippen LogP contribution in [0, 0.1) is 13.8 Å². The van der Waals surface area contributed by atoms with Gasteiger partial charge in [0.25, 0.3) is 11.8 Å². The fourth-order valence-electron chi connectivity index (χ4n) is 4.08. The van der Waals surface area contributed by atoms with E-state index in [9.17, 15) is 9.59 Å². The highest BCUT2D eigenvalue weighted by molar-refractivity contribution is 7.16. The van der Waals surface area contributed by atoms with Crippen LogP contribution < -0.4 is 10.2 Å². The zero-order chi connectivity index (χ0) is 22.9. The summed E-state index contributed by atoms with van der Waals surface area (Å²) in [6.45, 7) is 4.64. The van der Waals surface area contributed by atoms with E-state index in [0.717, 1.165) is 39.4 Å². The van der Waals surface area contributed by atoms with Crippen molar-refractivity contribution in [2.75, 3.05) is 16.8 Å². The first kappa shape index (κ1) is 21.0. The second-order valence-corrected chi connectivity index (χ2v) is 9.24. The van der Waals surface area contributed by atoms with E-state index in [2.05, 4.69) is 21.4 Å².